The number of aryl methyl sites for hydroxylation is 3. The second-order valence-electron chi connectivity index (χ2n) is 6.04. The molecule has 3 heteroatoms. The van der Waals surface area contributed by atoms with Crippen molar-refractivity contribution < 1.29 is 4.74 Å². The highest BCUT2D eigenvalue weighted by atomic mass is 16.5. The smallest absolute Gasteiger partial charge is 0.0486 e. The van der Waals surface area contributed by atoms with Crippen molar-refractivity contribution in [2.24, 2.45) is 0 Å². The molecule has 0 bridgehead atoms. The molecule has 22 heavy (non-hydrogen) atoms. The van der Waals surface area contributed by atoms with Gasteiger partial charge in [-0.3, -0.25) is 0 Å². The molecule has 1 heterocycles. The number of hydrogen-bond acceptors (Lipinski definition) is 2. The molecule has 0 saturated heterocycles. The summed E-state index contributed by atoms with van der Waals surface area (Å²) in [6.45, 7) is 11.4. The molecule has 0 spiro atoms. The summed E-state index contributed by atoms with van der Waals surface area (Å²) in [4.78, 5) is 0. The van der Waals surface area contributed by atoms with Crippen LogP contribution in [-0.2, 0) is 11.3 Å². The molecule has 1 aromatic heterocycles. The number of rotatable bonds is 7. The molecular weight excluding hydrogens is 272 g/mol. The monoisotopic (exact) mass is 300 g/mol. The fourth-order valence-corrected chi connectivity index (χ4v) is 2.90. The van der Waals surface area contributed by atoms with E-state index in [-0.39, 0.29) is 0 Å². The standard InChI is InChI=1S/C19H28N2O/c1-14-7-8-15(2)19(11-14)21-16(3)12-18(17(21)4)13-20-9-6-10-22-5/h7-8,11-12,20H,6,9-10,13H2,1-5H3. The van der Waals surface area contributed by atoms with E-state index in [9.17, 15) is 0 Å². The second kappa shape index (κ2) is 7.61. The molecule has 0 aliphatic rings. The van der Waals surface area contributed by atoms with Crippen LogP contribution in [0.25, 0.3) is 5.69 Å². The van der Waals surface area contributed by atoms with Crippen molar-refractivity contribution in [3.05, 3.63) is 52.3 Å². The first-order valence-electron chi connectivity index (χ1n) is 7.99. The average molecular weight is 300 g/mol. The normalized spacial score (nSPS) is 11.1. The quantitative estimate of drug-likeness (QED) is 0.786. The molecule has 0 aliphatic heterocycles. The predicted octanol–water partition coefficient (Wildman–Crippen LogP) is 3.84. The lowest BCUT2D eigenvalue weighted by Crippen LogP contribution is -2.16. The summed E-state index contributed by atoms with van der Waals surface area (Å²) in [5, 5.41) is 3.50. The SMILES string of the molecule is COCCCNCc1cc(C)n(-c2cc(C)ccc2C)c1C. The van der Waals surface area contributed by atoms with Gasteiger partial charge >= 0.3 is 0 Å². The molecule has 0 amide bonds. The Kier molecular flexibility index (Phi) is 5.81. The van der Waals surface area contributed by atoms with E-state index in [4.69, 9.17) is 4.74 Å². The molecule has 2 rings (SSSR count). The summed E-state index contributed by atoms with van der Waals surface area (Å²) in [7, 11) is 1.75. The van der Waals surface area contributed by atoms with Gasteiger partial charge in [-0.05, 0) is 69.5 Å². The van der Waals surface area contributed by atoms with Crippen LogP contribution in [-0.4, -0.2) is 24.8 Å². The van der Waals surface area contributed by atoms with Crippen LogP contribution in [0.4, 0.5) is 0 Å². The summed E-state index contributed by atoms with van der Waals surface area (Å²) in [6, 6.07) is 8.93. The van der Waals surface area contributed by atoms with E-state index < -0.39 is 0 Å². The third-order valence-corrected chi connectivity index (χ3v) is 4.16. The number of aromatic nitrogens is 1. The van der Waals surface area contributed by atoms with E-state index in [0.717, 1.165) is 26.1 Å². The van der Waals surface area contributed by atoms with Gasteiger partial charge in [0.1, 0.15) is 0 Å². The van der Waals surface area contributed by atoms with Gasteiger partial charge in [0.05, 0.1) is 0 Å². The van der Waals surface area contributed by atoms with Crippen molar-refractivity contribution in [3.63, 3.8) is 0 Å². The molecule has 1 aromatic carbocycles. The van der Waals surface area contributed by atoms with Gasteiger partial charge < -0.3 is 14.6 Å². The molecule has 0 fully saturated rings. The molecule has 2 aromatic rings. The van der Waals surface area contributed by atoms with Crippen molar-refractivity contribution in [1.29, 1.82) is 0 Å². The Morgan fingerprint density at radius 2 is 1.86 bits per heavy atom. The first kappa shape index (κ1) is 16.8. The molecule has 3 nitrogen and oxygen atoms in total. The van der Waals surface area contributed by atoms with Gasteiger partial charge in [-0.15, -0.1) is 0 Å². The van der Waals surface area contributed by atoms with Crippen molar-refractivity contribution in [2.75, 3.05) is 20.3 Å². The Balaban J connectivity index is 2.18. The van der Waals surface area contributed by atoms with Crippen LogP contribution in [0.1, 0.15) is 34.5 Å². The molecule has 0 atom stereocenters. The van der Waals surface area contributed by atoms with E-state index in [0.29, 0.717) is 0 Å². The Bertz CT molecular complexity index is 629. The largest absolute Gasteiger partial charge is 0.385 e. The summed E-state index contributed by atoms with van der Waals surface area (Å²) in [5.41, 5.74) is 7.89. The molecule has 0 radical (unpaired) electrons. The Hall–Kier alpha value is -1.58. The summed E-state index contributed by atoms with van der Waals surface area (Å²) >= 11 is 0. The minimum atomic E-state index is 0.814. The highest BCUT2D eigenvalue weighted by Gasteiger charge is 2.12. The van der Waals surface area contributed by atoms with E-state index in [1.807, 2.05) is 0 Å². The molecule has 0 aliphatic carbocycles. The Morgan fingerprint density at radius 1 is 1.09 bits per heavy atom. The second-order valence-corrected chi connectivity index (χ2v) is 6.04. The van der Waals surface area contributed by atoms with Crippen LogP contribution in [0, 0.1) is 27.7 Å². The predicted molar refractivity (Wildman–Crippen MR) is 92.9 cm³/mol. The van der Waals surface area contributed by atoms with E-state index in [2.05, 4.69) is 61.8 Å². The third kappa shape index (κ3) is 3.79. The minimum Gasteiger partial charge on any atom is -0.385 e. The maximum atomic E-state index is 5.08. The molecule has 0 unspecified atom stereocenters. The zero-order valence-corrected chi connectivity index (χ0v) is 14.5. The summed E-state index contributed by atoms with van der Waals surface area (Å²) in [5.74, 6) is 0. The van der Waals surface area contributed by atoms with Crippen molar-refractivity contribution >= 4 is 0 Å². The van der Waals surface area contributed by atoms with Gasteiger partial charge in [0.2, 0.25) is 0 Å². The number of benzene rings is 1. The van der Waals surface area contributed by atoms with Crippen molar-refractivity contribution in [2.45, 2.75) is 40.7 Å². The zero-order valence-electron chi connectivity index (χ0n) is 14.5. The van der Waals surface area contributed by atoms with Crippen molar-refractivity contribution in [1.82, 2.24) is 9.88 Å². The highest BCUT2D eigenvalue weighted by Crippen LogP contribution is 2.24. The van der Waals surface area contributed by atoms with Crippen LogP contribution in [0.5, 0.6) is 0 Å². The number of ether oxygens (including phenoxy) is 1. The molecule has 120 valence electrons. The topological polar surface area (TPSA) is 26.2 Å². The highest BCUT2D eigenvalue weighted by molar-refractivity contribution is 5.48. The van der Waals surface area contributed by atoms with Crippen LogP contribution < -0.4 is 5.32 Å². The lowest BCUT2D eigenvalue weighted by Gasteiger charge is -2.14. The zero-order chi connectivity index (χ0) is 16.1. The third-order valence-electron chi connectivity index (χ3n) is 4.16. The first-order valence-corrected chi connectivity index (χ1v) is 7.99. The fourth-order valence-electron chi connectivity index (χ4n) is 2.90. The minimum absolute atomic E-state index is 0.814. The van der Waals surface area contributed by atoms with Crippen LogP contribution in [0.2, 0.25) is 0 Å². The number of methoxy groups -OCH3 is 1. The summed E-state index contributed by atoms with van der Waals surface area (Å²) in [6.07, 6.45) is 1.05. The molecule has 0 saturated carbocycles. The maximum absolute atomic E-state index is 5.08. The maximum Gasteiger partial charge on any atom is 0.0486 e. The number of hydrogen-bond donors (Lipinski definition) is 1. The fraction of sp³-hybridized carbons (Fsp3) is 0.474. The number of nitrogens with one attached hydrogen (secondary N) is 1. The lowest BCUT2D eigenvalue weighted by atomic mass is 10.1. The van der Waals surface area contributed by atoms with Crippen LogP contribution in [0.15, 0.2) is 24.3 Å². The van der Waals surface area contributed by atoms with Gasteiger partial charge in [0, 0.05) is 37.3 Å². The van der Waals surface area contributed by atoms with Gasteiger partial charge in [-0.2, -0.15) is 0 Å². The average Bonchev–Trinajstić information content (AvgIpc) is 2.76. The molecule has 1 N–H and O–H groups in total. The number of nitrogens with zero attached hydrogens (tertiary/aromatic N) is 1. The molecular formula is C19H28N2O. The lowest BCUT2D eigenvalue weighted by molar-refractivity contribution is 0.194. The van der Waals surface area contributed by atoms with Gasteiger partial charge in [0.15, 0.2) is 0 Å². The van der Waals surface area contributed by atoms with E-state index in [1.54, 1.807) is 7.11 Å². The van der Waals surface area contributed by atoms with Gasteiger partial charge in [0.25, 0.3) is 0 Å². The van der Waals surface area contributed by atoms with Gasteiger partial charge in [-0.25, -0.2) is 0 Å². The summed E-state index contributed by atoms with van der Waals surface area (Å²) < 4.78 is 7.45. The van der Waals surface area contributed by atoms with E-state index >= 15 is 0 Å². The Labute approximate surface area is 134 Å². The van der Waals surface area contributed by atoms with Crippen LogP contribution >= 0.6 is 0 Å². The van der Waals surface area contributed by atoms with Crippen molar-refractivity contribution in [3.8, 4) is 5.69 Å². The van der Waals surface area contributed by atoms with Crippen LogP contribution in [0.3, 0.4) is 0 Å². The van der Waals surface area contributed by atoms with E-state index in [1.165, 1.54) is 33.8 Å². The van der Waals surface area contributed by atoms with Gasteiger partial charge in [-0.1, -0.05) is 12.1 Å². The first-order chi connectivity index (χ1) is 10.5. The Morgan fingerprint density at radius 3 is 2.59 bits per heavy atom.